The Hall–Kier alpha value is -1.62. The molecule has 0 spiro atoms. The van der Waals surface area contributed by atoms with Crippen molar-refractivity contribution in [3.8, 4) is 5.75 Å². The highest BCUT2D eigenvalue weighted by Crippen LogP contribution is 2.19. The van der Waals surface area contributed by atoms with Gasteiger partial charge >= 0.3 is 5.97 Å². The summed E-state index contributed by atoms with van der Waals surface area (Å²) in [6, 6.07) is 4.48. The summed E-state index contributed by atoms with van der Waals surface area (Å²) >= 11 is 0. The molecule has 1 aromatic rings. The van der Waals surface area contributed by atoms with Crippen LogP contribution in [0.2, 0.25) is 0 Å². The van der Waals surface area contributed by atoms with E-state index in [-0.39, 0.29) is 11.8 Å². The van der Waals surface area contributed by atoms with Gasteiger partial charge in [-0.2, -0.15) is 0 Å². The van der Waals surface area contributed by atoms with Gasteiger partial charge in [0.05, 0.1) is 20.6 Å². The van der Waals surface area contributed by atoms with Gasteiger partial charge in [0.1, 0.15) is 11.6 Å². The number of carbonyl (C=O) groups is 1. The number of methoxy groups -OCH3 is 2. The van der Waals surface area contributed by atoms with Gasteiger partial charge in [0, 0.05) is 13.1 Å². The molecule has 0 amide bonds. The van der Waals surface area contributed by atoms with E-state index in [2.05, 4.69) is 4.74 Å². The molecule has 1 aromatic carbocycles. The van der Waals surface area contributed by atoms with E-state index in [0.717, 1.165) is 12.1 Å². The standard InChI is InChI=1S/C14H20FNO3/c1-16(9-7-14(17)19-3)8-6-11-10-12(15)4-5-13(11)18-2/h4-5,10H,6-9H2,1-3H3. The van der Waals surface area contributed by atoms with Crippen LogP contribution in [0.25, 0.3) is 0 Å². The van der Waals surface area contributed by atoms with E-state index in [0.29, 0.717) is 25.1 Å². The quantitative estimate of drug-likeness (QED) is 0.708. The number of halogens is 1. The molecule has 0 aliphatic carbocycles. The van der Waals surface area contributed by atoms with Crippen molar-refractivity contribution in [1.29, 1.82) is 0 Å². The van der Waals surface area contributed by atoms with Crippen LogP contribution >= 0.6 is 0 Å². The Morgan fingerprint density at radius 3 is 2.68 bits per heavy atom. The highest BCUT2D eigenvalue weighted by molar-refractivity contribution is 5.69. The highest BCUT2D eigenvalue weighted by atomic mass is 19.1. The van der Waals surface area contributed by atoms with Crippen LogP contribution in [0.5, 0.6) is 5.75 Å². The fourth-order valence-electron chi connectivity index (χ4n) is 1.75. The minimum atomic E-state index is -0.270. The maximum Gasteiger partial charge on any atom is 0.306 e. The Morgan fingerprint density at radius 1 is 1.32 bits per heavy atom. The van der Waals surface area contributed by atoms with Crippen molar-refractivity contribution in [3.05, 3.63) is 29.6 Å². The number of carbonyl (C=O) groups excluding carboxylic acids is 1. The number of esters is 1. The van der Waals surface area contributed by atoms with Crippen LogP contribution in [0.1, 0.15) is 12.0 Å². The van der Waals surface area contributed by atoms with E-state index >= 15 is 0 Å². The Kier molecular flexibility index (Phi) is 6.29. The van der Waals surface area contributed by atoms with E-state index in [1.54, 1.807) is 13.2 Å². The maximum atomic E-state index is 13.2. The van der Waals surface area contributed by atoms with Crippen molar-refractivity contribution in [3.63, 3.8) is 0 Å². The number of nitrogens with zero attached hydrogens (tertiary/aromatic N) is 1. The molecule has 19 heavy (non-hydrogen) atoms. The second-order valence-electron chi connectivity index (χ2n) is 4.34. The van der Waals surface area contributed by atoms with Crippen molar-refractivity contribution in [1.82, 2.24) is 4.90 Å². The number of hydrogen-bond acceptors (Lipinski definition) is 4. The predicted molar refractivity (Wildman–Crippen MR) is 70.8 cm³/mol. The molecule has 0 bridgehead atoms. The zero-order chi connectivity index (χ0) is 14.3. The third kappa shape index (κ3) is 5.26. The van der Waals surface area contributed by atoms with E-state index in [4.69, 9.17) is 4.74 Å². The van der Waals surface area contributed by atoms with Crippen LogP contribution in [0.3, 0.4) is 0 Å². The van der Waals surface area contributed by atoms with Crippen LogP contribution in [0, 0.1) is 5.82 Å². The molecule has 106 valence electrons. The molecular formula is C14H20FNO3. The van der Waals surface area contributed by atoms with Crippen LogP contribution in [0.15, 0.2) is 18.2 Å². The Bertz CT molecular complexity index is 423. The lowest BCUT2D eigenvalue weighted by molar-refractivity contribution is -0.140. The van der Waals surface area contributed by atoms with Crippen LogP contribution < -0.4 is 4.74 Å². The van der Waals surface area contributed by atoms with Crippen LogP contribution in [-0.4, -0.2) is 45.2 Å². The first-order chi connectivity index (χ1) is 9.06. The summed E-state index contributed by atoms with van der Waals surface area (Å²) in [6.45, 7) is 1.33. The average Bonchev–Trinajstić information content (AvgIpc) is 2.42. The molecule has 0 aliphatic rings. The van der Waals surface area contributed by atoms with Crippen molar-refractivity contribution in [2.24, 2.45) is 0 Å². The smallest absolute Gasteiger partial charge is 0.306 e. The van der Waals surface area contributed by atoms with E-state index < -0.39 is 0 Å². The second kappa shape index (κ2) is 7.74. The zero-order valence-electron chi connectivity index (χ0n) is 11.6. The second-order valence-corrected chi connectivity index (χ2v) is 4.34. The van der Waals surface area contributed by atoms with Crippen molar-refractivity contribution < 1.29 is 18.7 Å². The Balaban J connectivity index is 2.47. The van der Waals surface area contributed by atoms with Gasteiger partial charge in [0.25, 0.3) is 0 Å². The molecular weight excluding hydrogens is 249 g/mol. The predicted octanol–water partition coefficient (Wildman–Crippen LogP) is 1.87. The lowest BCUT2D eigenvalue weighted by Gasteiger charge is -2.16. The lowest BCUT2D eigenvalue weighted by atomic mass is 10.1. The lowest BCUT2D eigenvalue weighted by Crippen LogP contribution is -2.24. The number of likely N-dealkylation sites (N-methyl/N-ethyl adjacent to an activating group) is 1. The number of benzene rings is 1. The molecule has 0 saturated carbocycles. The molecule has 5 heteroatoms. The molecule has 0 atom stereocenters. The summed E-state index contributed by atoms with van der Waals surface area (Å²) in [6.07, 6.45) is 1.02. The number of rotatable bonds is 7. The highest BCUT2D eigenvalue weighted by Gasteiger charge is 2.08. The topological polar surface area (TPSA) is 38.8 Å². The first kappa shape index (κ1) is 15.4. The average molecular weight is 269 g/mol. The summed E-state index contributed by atoms with van der Waals surface area (Å²) in [4.78, 5) is 13.0. The van der Waals surface area contributed by atoms with Crippen LogP contribution in [-0.2, 0) is 16.0 Å². The van der Waals surface area contributed by atoms with Gasteiger partial charge in [-0.15, -0.1) is 0 Å². The van der Waals surface area contributed by atoms with Gasteiger partial charge in [-0.05, 0) is 37.2 Å². The van der Waals surface area contributed by atoms with Gasteiger partial charge < -0.3 is 14.4 Å². The third-order valence-corrected chi connectivity index (χ3v) is 2.93. The first-order valence-electron chi connectivity index (χ1n) is 6.14. The third-order valence-electron chi connectivity index (χ3n) is 2.93. The minimum Gasteiger partial charge on any atom is -0.496 e. The summed E-state index contributed by atoms with van der Waals surface area (Å²) in [7, 11) is 4.85. The fraction of sp³-hybridized carbons (Fsp3) is 0.500. The van der Waals surface area contributed by atoms with Gasteiger partial charge in [0.2, 0.25) is 0 Å². The Morgan fingerprint density at radius 2 is 2.05 bits per heavy atom. The molecule has 0 aromatic heterocycles. The summed E-state index contributed by atoms with van der Waals surface area (Å²) in [5.74, 6) is 0.186. The van der Waals surface area contributed by atoms with Crippen LogP contribution in [0.4, 0.5) is 4.39 Å². The molecule has 0 unspecified atom stereocenters. The first-order valence-corrected chi connectivity index (χ1v) is 6.14. The summed E-state index contributed by atoms with van der Waals surface area (Å²) in [5.41, 5.74) is 0.826. The van der Waals surface area contributed by atoms with E-state index in [1.165, 1.54) is 19.2 Å². The summed E-state index contributed by atoms with van der Waals surface area (Å²) in [5, 5.41) is 0. The number of ether oxygens (including phenoxy) is 2. The molecule has 0 radical (unpaired) electrons. The van der Waals surface area contributed by atoms with Crippen molar-refractivity contribution in [2.75, 3.05) is 34.4 Å². The van der Waals surface area contributed by atoms with Gasteiger partial charge in [-0.25, -0.2) is 4.39 Å². The molecule has 4 nitrogen and oxygen atoms in total. The molecule has 0 N–H and O–H groups in total. The SMILES string of the molecule is COC(=O)CCN(C)CCc1cc(F)ccc1OC. The van der Waals surface area contributed by atoms with Gasteiger partial charge in [-0.1, -0.05) is 0 Å². The van der Waals surface area contributed by atoms with E-state index in [1.807, 2.05) is 11.9 Å². The maximum absolute atomic E-state index is 13.2. The normalized spacial score (nSPS) is 10.6. The van der Waals surface area contributed by atoms with Gasteiger partial charge in [-0.3, -0.25) is 4.79 Å². The molecule has 0 saturated heterocycles. The largest absolute Gasteiger partial charge is 0.496 e. The molecule has 0 aliphatic heterocycles. The molecule has 1 rings (SSSR count). The summed E-state index contributed by atoms with van der Waals surface area (Å²) < 4.78 is 22.9. The van der Waals surface area contributed by atoms with Crippen molar-refractivity contribution in [2.45, 2.75) is 12.8 Å². The number of hydrogen-bond donors (Lipinski definition) is 0. The minimum absolute atomic E-state index is 0.227. The Labute approximate surface area is 113 Å². The molecule has 0 heterocycles. The molecule has 0 fully saturated rings. The zero-order valence-corrected chi connectivity index (χ0v) is 11.6. The van der Waals surface area contributed by atoms with Crippen molar-refractivity contribution >= 4 is 5.97 Å². The fourth-order valence-corrected chi connectivity index (χ4v) is 1.75. The van der Waals surface area contributed by atoms with Gasteiger partial charge in [0.15, 0.2) is 0 Å². The monoisotopic (exact) mass is 269 g/mol. The van der Waals surface area contributed by atoms with E-state index in [9.17, 15) is 9.18 Å².